The van der Waals surface area contributed by atoms with Crippen molar-refractivity contribution in [2.45, 2.75) is 26.1 Å². The molecule has 0 bridgehead atoms. The quantitative estimate of drug-likeness (QED) is 0.883. The van der Waals surface area contributed by atoms with Crippen molar-refractivity contribution in [3.05, 3.63) is 54.1 Å². The Kier molecular flexibility index (Phi) is 5.09. The summed E-state index contributed by atoms with van der Waals surface area (Å²) in [6, 6.07) is 16.7. The van der Waals surface area contributed by atoms with Gasteiger partial charge in [-0.2, -0.15) is 0 Å². The Morgan fingerprint density at radius 1 is 1.09 bits per heavy atom. The first-order valence-electron chi connectivity index (χ1n) is 8.00. The molecule has 3 rings (SSSR count). The Labute approximate surface area is 132 Å². The van der Waals surface area contributed by atoms with E-state index in [1.165, 1.54) is 16.7 Å². The number of ether oxygens (including phenoxy) is 2. The first kappa shape index (κ1) is 15.1. The van der Waals surface area contributed by atoms with Gasteiger partial charge < -0.3 is 14.8 Å². The predicted octanol–water partition coefficient (Wildman–Crippen LogP) is 3.63. The summed E-state index contributed by atoms with van der Waals surface area (Å²) >= 11 is 0. The van der Waals surface area contributed by atoms with Crippen LogP contribution in [-0.4, -0.2) is 25.8 Å². The number of nitrogens with one attached hydrogen (secondary N) is 1. The van der Waals surface area contributed by atoms with Crippen LogP contribution in [0, 0.1) is 0 Å². The number of hydrogen-bond donors (Lipinski definition) is 1. The van der Waals surface area contributed by atoms with E-state index in [4.69, 9.17) is 9.47 Å². The van der Waals surface area contributed by atoms with E-state index in [2.05, 4.69) is 41.7 Å². The smallest absolute Gasteiger partial charge is 0.119 e. The first-order chi connectivity index (χ1) is 10.9. The van der Waals surface area contributed by atoms with Crippen LogP contribution in [0.1, 0.15) is 18.9 Å². The molecule has 1 N–H and O–H groups in total. The van der Waals surface area contributed by atoms with Crippen molar-refractivity contribution in [2.24, 2.45) is 0 Å². The van der Waals surface area contributed by atoms with Crippen molar-refractivity contribution < 1.29 is 9.47 Å². The minimum Gasteiger partial charge on any atom is -0.494 e. The molecule has 3 nitrogen and oxygen atoms in total. The molecule has 0 aliphatic carbocycles. The zero-order valence-corrected chi connectivity index (χ0v) is 13.0. The van der Waals surface area contributed by atoms with Gasteiger partial charge in [0.25, 0.3) is 0 Å². The molecule has 1 fully saturated rings. The van der Waals surface area contributed by atoms with Crippen LogP contribution in [0.4, 0.5) is 0 Å². The Bertz CT molecular complexity index is 589. The van der Waals surface area contributed by atoms with Crippen molar-refractivity contribution in [3.63, 3.8) is 0 Å². The Balaban J connectivity index is 1.74. The molecule has 1 saturated heterocycles. The maximum atomic E-state index is 6.03. The summed E-state index contributed by atoms with van der Waals surface area (Å²) in [7, 11) is 0. The molecular formula is C19H23NO2. The van der Waals surface area contributed by atoms with Crippen molar-refractivity contribution in [1.29, 1.82) is 0 Å². The van der Waals surface area contributed by atoms with E-state index in [-0.39, 0.29) is 0 Å². The average Bonchev–Trinajstić information content (AvgIpc) is 3.08. The molecule has 2 aromatic carbocycles. The normalized spacial score (nSPS) is 17.6. The molecule has 0 amide bonds. The minimum absolute atomic E-state index is 0.341. The van der Waals surface area contributed by atoms with Gasteiger partial charge in [-0.1, -0.05) is 36.4 Å². The van der Waals surface area contributed by atoms with Crippen LogP contribution in [0.3, 0.4) is 0 Å². The van der Waals surface area contributed by atoms with E-state index in [0.717, 1.165) is 25.3 Å². The molecular weight excluding hydrogens is 274 g/mol. The molecule has 22 heavy (non-hydrogen) atoms. The Morgan fingerprint density at radius 2 is 1.91 bits per heavy atom. The zero-order valence-electron chi connectivity index (χ0n) is 13.0. The van der Waals surface area contributed by atoms with Crippen LogP contribution >= 0.6 is 0 Å². The lowest BCUT2D eigenvalue weighted by Gasteiger charge is -2.14. The minimum atomic E-state index is 0.341. The van der Waals surface area contributed by atoms with Gasteiger partial charge in [-0.15, -0.1) is 0 Å². The molecule has 1 aliphatic rings. The molecule has 0 saturated carbocycles. The molecule has 1 aliphatic heterocycles. The van der Waals surface area contributed by atoms with E-state index in [1.54, 1.807) is 0 Å². The number of hydrogen-bond acceptors (Lipinski definition) is 3. The van der Waals surface area contributed by atoms with E-state index in [1.807, 2.05) is 19.1 Å². The highest BCUT2D eigenvalue weighted by atomic mass is 16.5. The SMILES string of the molecule is CCOc1ccc(-c2ccccc2COC2CCNC2)cc1. The lowest BCUT2D eigenvalue weighted by Crippen LogP contribution is -2.16. The fourth-order valence-corrected chi connectivity index (χ4v) is 2.80. The van der Waals surface area contributed by atoms with Crippen LogP contribution in [0.25, 0.3) is 11.1 Å². The molecule has 1 atom stereocenters. The third-order valence-electron chi connectivity index (χ3n) is 3.98. The fourth-order valence-electron chi connectivity index (χ4n) is 2.80. The monoisotopic (exact) mass is 297 g/mol. The van der Waals surface area contributed by atoms with Gasteiger partial charge in [0, 0.05) is 6.54 Å². The van der Waals surface area contributed by atoms with Gasteiger partial charge in [0.2, 0.25) is 0 Å². The van der Waals surface area contributed by atoms with Gasteiger partial charge in [0.05, 0.1) is 19.3 Å². The molecule has 116 valence electrons. The molecule has 2 aromatic rings. The molecule has 1 heterocycles. The maximum Gasteiger partial charge on any atom is 0.119 e. The van der Waals surface area contributed by atoms with E-state index >= 15 is 0 Å². The van der Waals surface area contributed by atoms with E-state index in [0.29, 0.717) is 19.3 Å². The summed E-state index contributed by atoms with van der Waals surface area (Å²) in [6.45, 7) is 5.38. The zero-order chi connectivity index (χ0) is 15.2. The van der Waals surface area contributed by atoms with Crippen LogP contribution < -0.4 is 10.1 Å². The van der Waals surface area contributed by atoms with Gasteiger partial charge in [-0.3, -0.25) is 0 Å². The standard InChI is InChI=1S/C19H23NO2/c1-2-21-17-9-7-15(8-10-17)19-6-4-3-5-16(19)14-22-18-11-12-20-13-18/h3-10,18,20H,2,11-14H2,1H3. The third kappa shape index (κ3) is 3.67. The Hall–Kier alpha value is -1.84. The van der Waals surface area contributed by atoms with Gasteiger partial charge >= 0.3 is 0 Å². The summed E-state index contributed by atoms with van der Waals surface area (Å²) < 4.78 is 11.5. The highest BCUT2D eigenvalue weighted by Crippen LogP contribution is 2.26. The highest BCUT2D eigenvalue weighted by molar-refractivity contribution is 5.67. The topological polar surface area (TPSA) is 30.5 Å². The summed E-state index contributed by atoms with van der Waals surface area (Å²) in [6.07, 6.45) is 1.44. The number of benzene rings is 2. The van der Waals surface area contributed by atoms with E-state index in [9.17, 15) is 0 Å². The number of rotatable bonds is 6. The molecule has 0 aromatic heterocycles. The van der Waals surface area contributed by atoms with Gasteiger partial charge in [-0.25, -0.2) is 0 Å². The van der Waals surface area contributed by atoms with Crippen LogP contribution in [0.2, 0.25) is 0 Å². The van der Waals surface area contributed by atoms with Crippen molar-refractivity contribution in [1.82, 2.24) is 5.32 Å². The molecule has 0 radical (unpaired) electrons. The highest BCUT2D eigenvalue weighted by Gasteiger charge is 2.15. The van der Waals surface area contributed by atoms with E-state index < -0.39 is 0 Å². The third-order valence-corrected chi connectivity index (χ3v) is 3.98. The van der Waals surface area contributed by atoms with Crippen molar-refractivity contribution >= 4 is 0 Å². The lowest BCUT2D eigenvalue weighted by molar-refractivity contribution is 0.0545. The van der Waals surface area contributed by atoms with Gasteiger partial charge in [0.1, 0.15) is 5.75 Å². The molecule has 3 heteroatoms. The first-order valence-corrected chi connectivity index (χ1v) is 8.00. The second-order valence-electron chi connectivity index (χ2n) is 5.54. The fraction of sp³-hybridized carbons (Fsp3) is 0.368. The lowest BCUT2D eigenvalue weighted by atomic mass is 10.00. The Morgan fingerprint density at radius 3 is 2.64 bits per heavy atom. The summed E-state index contributed by atoms with van der Waals surface area (Å²) in [5.41, 5.74) is 3.67. The van der Waals surface area contributed by atoms with Gasteiger partial charge in [-0.05, 0) is 48.7 Å². The molecule has 0 spiro atoms. The summed E-state index contributed by atoms with van der Waals surface area (Å²) in [5, 5.41) is 3.33. The summed E-state index contributed by atoms with van der Waals surface area (Å²) in [5.74, 6) is 0.914. The van der Waals surface area contributed by atoms with Crippen molar-refractivity contribution in [2.75, 3.05) is 19.7 Å². The summed E-state index contributed by atoms with van der Waals surface area (Å²) in [4.78, 5) is 0. The van der Waals surface area contributed by atoms with Gasteiger partial charge in [0.15, 0.2) is 0 Å². The predicted molar refractivity (Wildman–Crippen MR) is 89.1 cm³/mol. The second kappa shape index (κ2) is 7.43. The van der Waals surface area contributed by atoms with Crippen molar-refractivity contribution in [3.8, 4) is 16.9 Å². The maximum absolute atomic E-state index is 6.03. The average molecular weight is 297 g/mol. The largest absolute Gasteiger partial charge is 0.494 e. The second-order valence-corrected chi connectivity index (χ2v) is 5.54. The van der Waals surface area contributed by atoms with Crippen LogP contribution in [0.5, 0.6) is 5.75 Å². The van der Waals surface area contributed by atoms with Crippen LogP contribution in [0.15, 0.2) is 48.5 Å². The van der Waals surface area contributed by atoms with Crippen LogP contribution in [-0.2, 0) is 11.3 Å². The molecule has 1 unspecified atom stereocenters.